The molecule has 0 bridgehead atoms. The van der Waals surface area contributed by atoms with Crippen LogP contribution in [0.3, 0.4) is 0 Å². The van der Waals surface area contributed by atoms with E-state index in [9.17, 15) is 14.7 Å². The SMILES string of the molecule is COc1cc(CCC(=O)NC(c2ccccc2)C(C)C(=O)O)cc(OC)c1. The average molecular weight is 371 g/mol. The lowest BCUT2D eigenvalue weighted by Gasteiger charge is -2.23. The summed E-state index contributed by atoms with van der Waals surface area (Å²) in [5, 5.41) is 12.2. The van der Waals surface area contributed by atoms with E-state index in [0.29, 0.717) is 17.9 Å². The first-order valence-corrected chi connectivity index (χ1v) is 8.73. The van der Waals surface area contributed by atoms with Crippen molar-refractivity contribution < 1.29 is 24.2 Å². The van der Waals surface area contributed by atoms with Crippen LogP contribution in [0.4, 0.5) is 0 Å². The summed E-state index contributed by atoms with van der Waals surface area (Å²) in [6, 6.07) is 14.0. The fourth-order valence-electron chi connectivity index (χ4n) is 2.81. The van der Waals surface area contributed by atoms with Crippen LogP contribution in [-0.4, -0.2) is 31.2 Å². The molecule has 0 heterocycles. The van der Waals surface area contributed by atoms with Gasteiger partial charge in [0.2, 0.25) is 5.91 Å². The summed E-state index contributed by atoms with van der Waals surface area (Å²) < 4.78 is 10.5. The second-order valence-corrected chi connectivity index (χ2v) is 6.30. The highest BCUT2D eigenvalue weighted by Crippen LogP contribution is 2.24. The van der Waals surface area contributed by atoms with E-state index in [1.54, 1.807) is 27.2 Å². The van der Waals surface area contributed by atoms with Crippen molar-refractivity contribution in [3.05, 3.63) is 59.7 Å². The normalized spacial score (nSPS) is 12.7. The molecule has 0 radical (unpaired) electrons. The van der Waals surface area contributed by atoms with Crippen molar-refractivity contribution in [2.45, 2.75) is 25.8 Å². The van der Waals surface area contributed by atoms with Crippen LogP contribution in [0.25, 0.3) is 0 Å². The molecule has 0 aliphatic heterocycles. The van der Waals surface area contributed by atoms with E-state index in [2.05, 4.69) is 5.32 Å². The zero-order valence-corrected chi connectivity index (χ0v) is 15.8. The van der Waals surface area contributed by atoms with Gasteiger partial charge >= 0.3 is 5.97 Å². The Balaban J connectivity index is 2.07. The molecule has 0 saturated carbocycles. The maximum absolute atomic E-state index is 12.5. The molecule has 6 nitrogen and oxygen atoms in total. The van der Waals surface area contributed by atoms with Gasteiger partial charge < -0.3 is 19.9 Å². The molecule has 2 aromatic rings. The summed E-state index contributed by atoms with van der Waals surface area (Å²) in [6.45, 7) is 1.59. The Morgan fingerprint density at radius 1 is 1.04 bits per heavy atom. The molecule has 0 saturated heterocycles. The fourth-order valence-corrected chi connectivity index (χ4v) is 2.81. The van der Waals surface area contributed by atoms with Gasteiger partial charge in [0.15, 0.2) is 0 Å². The number of nitrogens with one attached hydrogen (secondary N) is 1. The Kier molecular flexibility index (Phi) is 7.23. The van der Waals surface area contributed by atoms with Crippen LogP contribution in [-0.2, 0) is 16.0 Å². The Hall–Kier alpha value is -3.02. The second-order valence-electron chi connectivity index (χ2n) is 6.30. The van der Waals surface area contributed by atoms with Crippen molar-refractivity contribution >= 4 is 11.9 Å². The van der Waals surface area contributed by atoms with Gasteiger partial charge in [0.1, 0.15) is 11.5 Å². The number of hydrogen-bond donors (Lipinski definition) is 2. The Bertz CT molecular complexity index is 753. The summed E-state index contributed by atoms with van der Waals surface area (Å²) in [7, 11) is 3.14. The predicted molar refractivity (Wildman–Crippen MR) is 102 cm³/mol. The van der Waals surface area contributed by atoms with Crippen LogP contribution < -0.4 is 14.8 Å². The van der Waals surface area contributed by atoms with Gasteiger partial charge in [-0.15, -0.1) is 0 Å². The number of carbonyl (C=O) groups excluding carboxylic acids is 1. The fraction of sp³-hybridized carbons (Fsp3) is 0.333. The van der Waals surface area contributed by atoms with Gasteiger partial charge in [-0.2, -0.15) is 0 Å². The van der Waals surface area contributed by atoms with Crippen LogP contribution in [0.2, 0.25) is 0 Å². The molecule has 2 aromatic carbocycles. The van der Waals surface area contributed by atoms with E-state index < -0.39 is 17.9 Å². The zero-order chi connectivity index (χ0) is 19.8. The number of carboxylic acid groups (broad SMARTS) is 1. The molecule has 2 unspecified atom stereocenters. The van der Waals surface area contributed by atoms with Crippen LogP contribution in [0.5, 0.6) is 11.5 Å². The molecule has 6 heteroatoms. The molecule has 0 aromatic heterocycles. The van der Waals surface area contributed by atoms with Crippen molar-refractivity contribution in [3.63, 3.8) is 0 Å². The van der Waals surface area contributed by atoms with E-state index >= 15 is 0 Å². The first-order chi connectivity index (χ1) is 12.9. The minimum Gasteiger partial charge on any atom is -0.497 e. The maximum atomic E-state index is 12.5. The third-order valence-electron chi connectivity index (χ3n) is 4.42. The molecule has 2 atom stereocenters. The molecule has 1 amide bonds. The number of aliphatic carboxylic acids is 1. The van der Waals surface area contributed by atoms with Crippen LogP contribution in [0, 0.1) is 5.92 Å². The number of hydrogen-bond acceptors (Lipinski definition) is 4. The lowest BCUT2D eigenvalue weighted by Crippen LogP contribution is -2.35. The number of aryl methyl sites for hydroxylation is 1. The van der Waals surface area contributed by atoms with Crippen molar-refractivity contribution in [1.82, 2.24) is 5.32 Å². The molecule has 0 fully saturated rings. The van der Waals surface area contributed by atoms with Crippen molar-refractivity contribution in [2.24, 2.45) is 5.92 Å². The first-order valence-electron chi connectivity index (χ1n) is 8.73. The monoisotopic (exact) mass is 371 g/mol. The average Bonchev–Trinajstić information content (AvgIpc) is 2.70. The highest BCUT2D eigenvalue weighted by molar-refractivity contribution is 5.78. The number of ether oxygens (including phenoxy) is 2. The second kappa shape index (κ2) is 9.62. The van der Waals surface area contributed by atoms with E-state index in [1.807, 2.05) is 42.5 Å². The number of methoxy groups -OCH3 is 2. The molecule has 0 aliphatic rings. The van der Waals surface area contributed by atoms with E-state index in [0.717, 1.165) is 11.1 Å². The zero-order valence-electron chi connectivity index (χ0n) is 15.8. The minimum atomic E-state index is -0.957. The number of carbonyl (C=O) groups is 2. The van der Waals surface area contributed by atoms with Gasteiger partial charge in [0.05, 0.1) is 26.2 Å². The number of carboxylic acids is 1. The topological polar surface area (TPSA) is 84.9 Å². The quantitative estimate of drug-likeness (QED) is 0.707. The summed E-state index contributed by atoms with van der Waals surface area (Å²) >= 11 is 0. The van der Waals surface area contributed by atoms with Crippen molar-refractivity contribution in [3.8, 4) is 11.5 Å². The van der Waals surface area contributed by atoms with E-state index in [4.69, 9.17) is 9.47 Å². The highest BCUT2D eigenvalue weighted by atomic mass is 16.5. The van der Waals surface area contributed by atoms with Gasteiger partial charge in [0.25, 0.3) is 0 Å². The Morgan fingerprint density at radius 3 is 2.15 bits per heavy atom. The smallest absolute Gasteiger partial charge is 0.308 e. The summed E-state index contributed by atoms with van der Waals surface area (Å²) in [5.74, 6) is -0.591. The molecule has 2 rings (SSSR count). The first kappa shape index (κ1) is 20.3. The summed E-state index contributed by atoms with van der Waals surface area (Å²) in [5.41, 5.74) is 1.67. The molecule has 2 N–H and O–H groups in total. The standard InChI is InChI=1S/C21H25NO5/c1-14(21(24)25)20(16-7-5-4-6-8-16)22-19(23)10-9-15-11-17(26-2)13-18(12-15)27-3/h4-8,11-14,20H,9-10H2,1-3H3,(H,22,23)(H,24,25). The van der Waals surface area contributed by atoms with Gasteiger partial charge in [-0.3, -0.25) is 9.59 Å². The van der Waals surface area contributed by atoms with Gasteiger partial charge in [-0.25, -0.2) is 0 Å². The maximum Gasteiger partial charge on any atom is 0.308 e. The van der Waals surface area contributed by atoms with E-state index in [-0.39, 0.29) is 12.3 Å². The molecular formula is C21H25NO5. The minimum absolute atomic E-state index is 0.210. The third kappa shape index (κ3) is 5.74. The van der Waals surface area contributed by atoms with Gasteiger partial charge in [0, 0.05) is 12.5 Å². The molecule has 27 heavy (non-hydrogen) atoms. The third-order valence-corrected chi connectivity index (χ3v) is 4.42. The van der Waals surface area contributed by atoms with Crippen molar-refractivity contribution in [2.75, 3.05) is 14.2 Å². The summed E-state index contributed by atoms with van der Waals surface area (Å²) in [6.07, 6.45) is 0.717. The lowest BCUT2D eigenvalue weighted by molar-refractivity contribution is -0.142. The van der Waals surface area contributed by atoms with Crippen LogP contribution in [0.15, 0.2) is 48.5 Å². The molecular weight excluding hydrogens is 346 g/mol. The number of rotatable bonds is 9. The van der Waals surface area contributed by atoms with E-state index in [1.165, 1.54) is 0 Å². The highest BCUT2D eigenvalue weighted by Gasteiger charge is 2.26. The van der Waals surface area contributed by atoms with Gasteiger partial charge in [-0.05, 0) is 36.6 Å². The Morgan fingerprint density at radius 2 is 1.63 bits per heavy atom. The molecule has 0 spiro atoms. The van der Waals surface area contributed by atoms with Gasteiger partial charge in [-0.1, -0.05) is 30.3 Å². The number of benzene rings is 2. The van der Waals surface area contributed by atoms with Crippen molar-refractivity contribution in [1.29, 1.82) is 0 Å². The molecule has 0 aliphatic carbocycles. The number of amides is 1. The largest absolute Gasteiger partial charge is 0.497 e. The summed E-state index contributed by atoms with van der Waals surface area (Å²) in [4.78, 5) is 23.9. The van der Waals surface area contributed by atoms with Crippen LogP contribution >= 0.6 is 0 Å². The van der Waals surface area contributed by atoms with Crippen LogP contribution in [0.1, 0.15) is 30.5 Å². The molecule has 144 valence electrons. The Labute approximate surface area is 159 Å². The predicted octanol–water partition coefficient (Wildman–Crippen LogP) is 3.21. The lowest BCUT2D eigenvalue weighted by atomic mass is 9.94.